The van der Waals surface area contributed by atoms with Gasteiger partial charge in [-0.3, -0.25) is 4.68 Å². The van der Waals surface area contributed by atoms with Crippen LogP contribution in [0, 0.1) is 6.92 Å². The Hall–Kier alpha value is -1.56. The lowest BCUT2D eigenvalue weighted by Gasteiger charge is -2.23. The highest BCUT2D eigenvalue weighted by Crippen LogP contribution is 2.07. The molecule has 0 saturated carbocycles. The molecule has 0 spiro atoms. The van der Waals surface area contributed by atoms with Crippen LogP contribution in [0.5, 0.6) is 0 Å². The first-order chi connectivity index (χ1) is 9.71. The number of ether oxygens (including phenoxy) is 1. The van der Waals surface area contributed by atoms with Crippen molar-refractivity contribution in [1.82, 2.24) is 20.4 Å². The molecule has 6 heteroatoms. The molecule has 1 atom stereocenters. The molecule has 0 saturated heterocycles. The molecule has 0 aliphatic carbocycles. The van der Waals surface area contributed by atoms with Crippen molar-refractivity contribution in [2.75, 3.05) is 6.54 Å². The normalized spacial score (nSPS) is 13.0. The second-order valence-electron chi connectivity index (χ2n) is 6.30. The maximum Gasteiger partial charge on any atom is 0.407 e. The summed E-state index contributed by atoms with van der Waals surface area (Å²) < 4.78 is 7.07. The topological polar surface area (TPSA) is 68.2 Å². The van der Waals surface area contributed by atoms with Crippen molar-refractivity contribution in [1.29, 1.82) is 0 Å². The third kappa shape index (κ3) is 6.62. The molecule has 2 N–H and O–H groups in total. The minimum atomic E-state index is -0.470. The molecule has 120 valence electrons. The summed E-state index contributed by atoms with van der Waals surface area (Å²) in [6, 6.07) is 0.0526. The molecule has 0 radical (unpaired) electrons. The van der Waals surface area contributed by atoms with Crippen LogP contribution in [0.1, 0.15) is 45.4 Å². The van der Waals surface area contributed by atoms with Crippen molar-refractivity contribution in [2.24, 2.45) is 7.05 Å². The monoisotopic (exact) mass is 296 g/mol. The number of alkyl carbamates (subject to hydrolysis) is 1. The fraction of sp³-hybridized carbons (Fsp3) is 0.733. The number of hydrogen-bond donors (Lipinski definition) is 2. The van der Waals surface area contributed by atoms with E-state index < -0.39 is 5.60 Å². The first-order valence-electron chi connectivity index (χ1n) is 7.40. The van der Waals surface area contributed by atoms with E-state index in [4.69, 9.17) is 4.74 Å². The Labute approximate surface area is 127 Å². The largest absolute Gasteiger partial charge is 0.444 e. The summed E-state index contributed by atoms with van der Waals surface area (Å²) in [5, 5.41) is 10.5. The molecule has 1 rings (SSSR count). The number of nitrogens with one attached hydrogen (secondary N) is 2. The molecular formula is C15H28N4O2. The van der Waals surface area contributed by atoms with Crippen LogP contribution < -0.4 is 10.6 Å². The van der Waals surface area contributed by atoms with Gasteiger partial charge in [0, 0.05) is 37.9 Å². The Morgan fingerprint density at radius 1 is 1.48 bits per heavy atom. The molecule has 0 bridgehead atoms. The SMILES string of the molecule is CCC(CNCc1cn(C)nc1C)NC(=O)OC(C)(C)C. The fourth-order valence-electron chi connectivity index (χ4n) is 1.97. The lowest BCUT2D eigenvalue weighted by Crippen LogP contribution is -2.43. The predicted molar refractivity (Wildman–Crippen MR) is 83.1 cm³/mol. The molecule has 0 aromatic carbocycles. The highest BCUT2D eigenvalue weighted by atomic mass is 16.6. The molecule has 1 amide bonds. The number of aryl methyl sites for hydroxylation is 2. The van der Waals surface area contributed by atoms with Gasteiger partial charge >= 0.3 is 6.09 Å². The van der Waals surface area contributed by atoms with E-state index >= 15 is 0 Å². The van der Waals surface area contributed by atoms with Crippen molar-refractivity contribution in [3.05, 3.63) is 17.5 Å². The summed E-state index contributed by atoms with van der Waals surface area (Å²) in [5.41, 5.74) is 1.73. The van der Waals surface area contributed by atoms with Gasteiger partial charge in [0.05, 0.1) is 5.69 Å². The summed E-state index contributed by atoms with van der Waals surface area (Å²) in [5.74, 6) is 0. The number of carbonyl (C=O) groups is 1. The Bertz CT molecular complexity index is 463. The van der Waals surface area contributed by atoms with Gasteiger partial charge < -0.3 is 15.4 Å². The van der Waals surface area contributed by atoms with E-state index in [0.717, 1.165) is 18.7 Å². The summed E-state index contributed by atoms with van der Waals surface area (Å²) in [4.78, 5) is 11.7. The van der Waals surface area contributed by atoms with Crippen LogP contribution in [0.25, 0.3) is 0 Å². The van der Waals surface area contributed by atoms with Gasteiger partial charge in [0.1, 0.15) is 5.60 Å². The van der Waals surface area contributed by atoms with Gasteiger partial charge in [0.25, 0.3) is 0 Å². The molecule has 1 unspecified atom stereocenters. The zero-order chi connectivity index (χ0) is 16.0. The van der Waals surface area contributed by atoms with E-state index in [1.165, 1.54) is 5.56 Å². The Balaban J connectivity index is 2.37. The van der Waals surface area contributed by atoms with Crippen LogP contribution in [0.2, 0.25) is 0 Å². The van der Waals surface area contributed by atoms with Crippen LogP contribution in [0.4, 0.5) is 4.79 Å². The van der Waals surface area contributed by atoms with Gasteiger partial charge in [0.15, 0.2) is 0 Å². The van der Waals surface area contributed by atoms with Crippen LogP contribution in [-0.2, 0) is 18.3 Å². The maximum absolute atomic E-state index is 11.7. The van der Waals surface area contributed by atoms with Gasteiger partial charge in [0.2, 0.25) is 0 Å². The minimum Gasteiger partial charge on any atom is -0.444 e. The van der Waals surface area contributed by atoms with Gasteiger partial charge in [-0.25, -0.2) is 4.79 Å². The van der Waals surface area contributed by atoms with E-state index in [0.29, 0.717) is 6.54 Å². The van der Waals surface area contributed by atoms with E-state index in [1.807, 2.05) is 52.5 Å². The summed E-state index contributed by atoms with van der Waals surface area (Å²) in [6.45, 7) is 11.0. The average molecular weight is 296 g/mol. The first-order valence-corrected chi connectivity index (χ1v) is 7.40. The third-order valence-electron chi connectivity index (χ3n) is 3.03. The van der Waals surface area contributed by atoms with Gasteiger partial charge in [-0.05, 0) is 34.1 Å². The number of carbonyl (C=O) groups excluding carboxylic acids is 1. The molecule has 0 aliphatic heterocycles. The van der Waals surface area contributed by atoms with Crippen molar-refractivity contribution in [3.8, 4) is 0 Å². The Morgan fingerprint density at radius 3 is 2.62 bits per heavy atom. The van der Waals surface area contributed by atoms with Crippen molar-refractivity contribution in [2.45, 2.75) is 59.2 Å². The fourth-order valence-corrected chi connectivity index (χ4v) is 1.97. The predicted octanol–water partition coefficient (Wildman–Crippen LogP) is 2.12. The van der Waals surface area contributed by atoms with E-state index in [9.17, 15) is 4.79 Å². The van der Waals surface area contributed by atoms with Crippen LogP contribution in [-0.4, -0.2) is 34.1 Å². The quantitative estimate of drug-likeness (QED) is 0.844. The molecule has 21 heavy (non-hydrogen) atoms. The zero-order valence-corrected chi connectivity index (χ0v) is 14.0. The lowest BCUT2D eigenvalue weighted by molar-refractivity contribution is 0.0502. The molecule has 0 aliphatic rings. The minimum absolute atomic E-state index is 0.0526. The van der Waals surface area contributed by atoms with Crippen molar-refractivity contribution >= 4 is 6.09 Å². The molecule has 1 aromatic rings. The highest BCUT2D eigenvalue weighted by Gasteiger charge is 2.18. The number of hydrogen-bond acceptors (Lipinski definition) is 4. The van der Waals surface area contributed by atoms with Crippen molar-refractivity contribution in [3.63, 3.8) is 0 Å². The van der Waals surface area contributed by atoms with Crippen molar-refractivity contribution < 1.29 is 9.53 Å². The van der Waals surface area contributed by atoms with Crippen LogP contribution >= 0.6 is 0 Å². The zero-order valence-electron chi connectivity index (χ0n) is 14.0. The van der Waals surface area contributed by atoms with E-state index in [1.54, 1.807) is 0 Å². The number of nitrogens with zero attached hydrogens (tertiary/aromatic N) is 2. The van der Waals surface area contributed by atoms with Gasteiger partial charge in [-0.15, -0.1) is 0 Å². The van der Waals surface area contributed by atoms with Gasteiger partial charge in [-0.1, -0.05) is 6.92 Å². The summed E-state index contributed by atoms with van der Waals surface area (Å²) >= 11 is 0. The molecule has 6 nitrogen and oxygen atoms in total. The third-order valence-corrected chi connectivity index (χ3v) is 3.03. The van der Waals surface area contributed by atoms with E-state index in [-0.39, 0.29) is 12.1 Å². The van der Waals surface area contributed by atoms with Crippen LogP contribution in [0.3, 0.4) is 0 Å². The number of aromatic nitrogens is 2. The first kappa shape index (κ1) is 17.5. The number of amides is 1. The average Bonchev–Trinajstić information content (AvgIpc) is 2.64. The second-order valence-corrected chi connectivity index (χ2v) is 6.30. The molecule has 0 fully saturated rings. The molecule has 1 heterocycles. The smallest absolute Gasteiger partial charge is 0.407 e. The van der Waals surface area contributed by atoms with Gasteiger partial charge in [-0.2, -0.15) is 5.10 Å². The highest BCUT2D eigenvalue weighted by molar-refractivity contribution is 5.68. The number of rotatable bonds is 6. The van der Waals surface area contributed by atoms with E-state index in [2.05, 4.69) is 15.7 Å². The molecule has 1 aromatic heterocycles. The second kappa shape index (κ2) is 7.45. The Morgan fingerprint density at radius 2 is 2.14 bits per heavy atom. The molecular weight excluding hydrogens is 268 g/mol. The summed E-state index contributed by atoms with van der Waals surface area (Å²) in [7, 11) is 1.91. The summed E-state index contributed by atoms with van der Waals surface area (Å²) in [6.07, 6.45) is 2.48. The Kier molecular flexibility index (Phi) is 6.20. The lowest BCUT2D eigenvalue weighted by atomic mass is 10.2. The van der Waals surface area contributed by atoms with Crippen LogP contribution in [0.15, 0.2) is 6.20 Å². The standard InChI is InChI=1S/C15H28N4O2/c1-7-13(17-14(20)21-15(3,4)5)9-16-8-12-10-19(6)18-11(12)2/h10,13,16H,7-9H2,1-6H3,(H,17,20). The maximum atomic E-state index is 11.7.